The lowest BCUT2D eigenvalue weighted by Crippen LogP contribution is -1.93. The van der Waals surface area contributed by atoms with Crippen LogP contribution in [-0.4, -0.2) is 4.98 Å². The van der Waals surface area contributed by atoms with Crippen molar-refractivity contribution in [3.8, 4) is 22.4 Å². The van der Waals surface area contributed by atoms with Crippen LogP contribution in [0.25, 0.3) is 22.4 Å². The lowest BCUT2D eigenvalue weighted by Gasteiger charge is -2.10. The van der Waals surface area contributed by atoms with Gasteiger partial charge in [-0.05, 0) is 30.2 Å². The predicted octanol–water partition coefficient (Wildman–Crippen LogP) is 4.86. The molecule has 1 nitrogen and oxygen atoms in total. The van der Waals surface area contributed by atoms with Gasteiger partial charge in [0.15, 0.2) is 0 Å². The van der Waals surface area contributed by atoms with E-state index >= 15 is 0 Å². The van der Waals surface area contributed by atoms with Gasteiger partial charge in [0.05, 0.1) is 5.69 Å². The van der Waals surface area contributed by atoms with E-state index in [-0.39, 0.29) is 5.82 Å². The molecule has 0 atom stereocenters. The fourth-order valence-corrected chi connectivity index (χ4v) is 2.30. The average molecular weight is 263 g/mol. The smallest absolute Gasteiger partial charge is 0.135 e. The van der Waals surface area contributed by atoms with E-state index in [0.717, 1.165) is 11.1 Å². The highest BCUT2D eigenvalue weighted by Crippen LogP contribution is 2.32. The maximum absolute atomic E-state index is 14.3. The maximum Gasteiger partial charge on any atom is 0.135 e. The average Bonchev–Trinajstić information content (AvgIpc) is 2.51. The normalized spacial score (nSPS) is 10.5. The summed E-state index contributed by atoms with van der Waals surface area (Å²) >= 11 is 0. The number of halogens is 1. The van der Waals surface area contributed by atoms with Crippen LogP contribution in [0.4, 0.5) is 4.39 Å². The zero-order chi connectivity index (χ0) is 13.9. The first-order chi connectivity index (χ1) is 9.77. The van der Waals surface area contributed by atoms with E-state index in [1.165, 1.54) is 0 Å². The van der Waals surface area contributed by atoms with E-state index in [1.807, 2.05) is 48.5 Å². The van der Waals surface area contributed by atoms with E-state index in [4.69, 9.17) is 0 Å². The van der Waals surface area contributed by atoms with Crippen LogP contribution in [0.1, 0.15) is 5.56 Å². The molecule has 3 aromatic rings. The van der Waals surface area contributed by atoms with Gasteiger partial charge in [-0.15, -0.1) is 0 Å². The van der Waals surface area contributed by atoms with Gasteiger partial charge in [-0.3, -0.25) is 4.98 Å². The molecule has 0 aliphatic heterocycles. The highest BCUT2D eigenvalue weighted by atomic mass is 19.1. The van der Waals surface area contributed by atoms with Crippen molar-refractivity contribution >= 4 is 0 Å². The minimum atomic E-state index is -0.205. The van der Waals surface area contributed by atoms with Crippen molar-refractivity contribution in [2.24, 2.45) is 0 Å². The maximum atomic E-state index is 14.3. The van der Waals surface area contributed by atoms with Crippen molar-refractivity contribution in [3.63, 3.8) is 0 Å². The molecule has 0 aliphatic carbocycles. The molecule has 0 unspecified atom stereocenters. The molecule has 0 fully saturated rings. The third-order valence-corrected chi connectivity index (χ3v) is 3.34. The lowest BCUT2D eigenvalue weighted by atomic mass is 9.98. The first-order valence-corrected chi connectivity index (χ1v) is 6.53. The molecule has 20 heavy (non-hydrogen) atoms. The second-order valence-electron chi connectivity index (χ2n) is 4.70. The largest absolute Gasteiger partial charge is 0.255 e. The summed E-state index contributed by atoms with van der Waals surface area (Å²) in [6.07, 6.45) is 1.70. The van der Waals surface area contributed by atoms with E-state index in [9.17, 15) is 4.39 Å². The molecule has 0 saturated heterocycles. The number of aromatic nitrogens is 1. The van der Waals surface area contributed by atoms with Crippen molar-refractivity contribution in [2.75, 3.05) is 0 Å². The van der Waals surface area contributed by atoms with Crippen LogP contribution < -0.4 is 0 Å². The SMILES string of the molecule is Cc1cccc(-c2ncccc2-c2ccccc2)c1F. The van der Waals surface area contributed by atoms with Crippen LogP contribution in [0.5, 0.6) is 0 Å². The minimum Gasteiger partial charge on any atom is -0.255 e. The van der Waals surface area contributed by atoms with Crippen LogP contribution in [0.15, 0.2) is 66.9 Å². The van der Waals surface area contributed by atoms with Crippen molar-refractivity contribution < 1.29 is 4.39 Å². The molecule has 0 bridgehead atoms. The Morgan fingerprint density at radius 3 is 2.35 bits per heavy atom. The Kier molecular flexibility index (Phi) is 3.30. The van der Waals surface area contributed by atoms with Crippen molar-refractivity contribution in [3.05, 3.63) is 78.2 Å². The molecule has 1 heterocycles. The predicted molar refractivity (Wildman–Crippen MR) is 79.8 cm³/mol. The first-order valence-electron chi connectivity index (χ1n) is 6.53. The number of rotatable bonds is 2. The Morgan fingerprint density at radius 1 is 0.800 bits per heavy atom. The van der Waals surface area contributed by atoms with E-state index < -0.39 is 0 Å². The Bertz CT molecular complexity index is 735. The van der Waals surface area contributed by atoms with Gasteiger partial charge in [0, 0.05) is 17.3 Å². The first kappa shape index (κ1) is 12.5. The van der Waals surface area contributed by atoms with Crippen LogP contribution >= 0.6 is 0 Å². The summed E-state index contributed by atoms with van der Waals surface area (Å²) in [5, 5.41) is 0. The van der Waals surface area contributed by atoms with Gasteiger partial charge in [0.1, 0.15) is 5.82 Å². The van der Waals surface area contributed by atoms with Gasteiger partial charge < -0.3 is 0 Å². The number of pyridine rings is 1. The number of nitrogens with zero attached hydrogens (tertiary/aromatic N) is 1. The molecule has 3 rings (SSSR count). The molecule has 0 radical (unpaired) electrons. The summed E-state index contributed by atoms with van der Waals surface area (Å²) in [4.78, 5) is 4.39. The van der Waals surface area contributed by atoms with Crippen LogP contribution in [0.2, 0.25) is 0 Å². The molecule has 0 N–H and O–H groups in total. The fourth-order valence-electron chi connectivity index (χ4n) is 2.30. The van der Waals surface area contributed by atoms with Gasteiger partial charge in [-0.1, -0.05) is 48.5 Å². The van der Waals surface area contributed by atoms with Crippen molar-refractivity contribution in [1.29, 1.82) is 0 Å². The number of benzene rings is 2. The number of hydrogen-bond acceptors (Lipinski definition) is 1. The molecule has 0 aliphatic rings. The molecular weight excluding hydrogens is 249 g/mol. The molecule has 1 aromatic heterocycles. The highest BCUT2D eigenvalue weighted by molar-refractivity contribution is 5.80. The zero-order valence-electron chi connectivity index (χ0n) is 11.2. The molecular formula is C18H14FN. The standard InChI is InChI=1S/C18H14FN/c1-13-7-5-10-16(17(13)19)18-15(11-6-12-20-18)14-8-3-2-4-9-14/h2-12H,1H3. The minimum absolute atomic E-state index is 0.205. The van der Waals surface area contributed by atoms with Crippen LogP contribution in [0.3, 0.4) is 0 Å². The third kappa shape index (κ3) is 2.21. The summed E-state index contributed by atoms with van der Waals surface area (Å²) in [7, 11) is 0. The summed E-state index contributed by atoms with van der Waals surface area (Å²) < 4.78 is 14.3. The fraction of sp³-hybridized carbons (Fsp3) is 0.0556. The Morgan fingerprint density at radius 2 is 1.55 bits per heavy atom. The summed E-state index contributed by atoms with van der Waals surface area (Å²) in [6.45, 7) is 1.77. The molecule has 0 saturated carbocycles. The highest BCUT2D eigenvalue weighted by Gasteiger charge is 2.13. The van der Waals surface area contributed by atoms with Gasteiger partial charge in [-0.2, -0.15) is 0 Å². The quantitative estimate of drug-likeness (QED) is 0.643. The third-order valence-electron chi connectivity index (χ3n) is 3.34. The molecule has 0 spiro atoms. The van der Waals surface area contributed by atoms with E-state index in [2.05, 4.69) is 4.98 Å². The Hall–Kier alpha value is -2.48. The van der Waals surface area contributed by atoms with Crippen molar-refractivity contribution in [1.82, 2.24) is 4.98 Å². The van der Waals surface area contributed by atoms with E-state index in [0.29, 0.717) is 16.8 Å². The van der Waals surface area contributed by atoms with Gasteiger partial charge >= 0.3 is 0 Å². The van der Waals surface area contributed by atoms with Gasteiger partial charge in [0.2, 0.25) is 0 Å². The van der Waals surface area contributed by atoms with Crippen LogP contribution in [0, 0.1) is 12.7 Å². The molecule has 2 heteroatoms. The Labute approximate surface area is 117 Å². The topological polar surface area (TPSA) is 12.9 Å². The summed E-state index contributed by atoms with van der Waals surface area (Å²) in [6, 6.07) is 19.2. The zero-order valence-corrected chi connectivity index (χ0v) is 11.2. The molecule has 98 valence electrons. The lowest BCUT2D eigenvalue weighted by molar-refractivity contribution is 0.621. The van der Waals surface area contributed by atoms with Gasteiger partial charge in [0.25, 0.3) is 0 Å². The summed E-state index contributed by atoms with van der Waals surface area (Å²) in [5.41, 5.74) is 3.84. The summed E-state index contributed by atoms with van der Waals surface area (Å²) in [5.74, 6) is -0.205. The number of aryl methyl sites for hydroxylation is 1. The molecule has 0 amide bonds. The van der Waals surface area contributed by atoms with E-state index in [1.54, 1.807) is 25.3 Å². The van der Waals surface area contributed by atoms with Crippen LogP contribution in [-0.2, 0) is 0 Å². The monoisotopic (exact) mass is 263 g/mol. The second kappa shape index (κ2) is 5.25. The Balaban J connectivity index is 2.23. The number of hydrogen-bond donors (Lipinski definition) is 0. The molecule has 2 aromatic carbocycles. The van der Waals surface area contributed by atoms with Crippen molar-refractivity contribution in [2.45, 2.75) is 6.92 Å². The second-order valence-corrected chi connectivity index (χ2v) is 4.70. The van der Waals surface area contributed by atoms with Gasteiger partial charge in [-0.25, -0.2) is 4.39 Å².